The average molecular weight is 207 g/mol. The SMILES string of the molecule is COC(=O)C(C)C(N)Cc1ccccc1. The summed E-state index contributed by atoms with van der Waals surface area (Å²) in [6.07, 6.45) is 0.692. The second-order valence-corrected chi connectivity index (χ2v) is 3.67. The first-order valence-corrected chi connectivity index (χ1v) is 5.02. The van der Waals surface area contributed by atoms with E-state index in [1.165, 1.54) is 7.11 Å². The largest absolute Gasteiger partial charge is 0.469 e. The number of esters is 1. The highest BCUT2D eigenvalue weighted by molar-refractivity contribution is 5.72. The van der Waals surface area contributed by atoms with E-state index in [2.05, 4.69) is 4.74 Å². The van der Waals surface area contributed by atoms with Crippen molar-refractivity contribution >= 4 is 5.97 Å². The van der Waals surface area contributed by atoms with Crippen LogP contribution in [0.3, 0.4) is 0 Å². The fourth-order valence-corrected chi connectivity index (χ4v) is 1.42. The van der Waals surface area contributed by atoms with E-state index in [0.717, 1.165) is 5.56 Å². The smallest absolute Gasteiger partial charge is 0.309 e. The van der Waals surface area contributed by atoms with Crippen LogP contribution in [0.25, 0.3) is 0 Å². The van der Waals surface area contributed by atoms with Crippen molar-refractivity contribution in [1.29, 1.82) is 0 Å². The summed E-state index contributed by atoms with van der Waals surface area (Å²) >= 11 is 0. The van der Waals surface area contributed by atoms with Crippen LogP contribution in [-0.4, -0.2) is 19.1 Å². The third-order valence-corrected chi connectivity index (χ3v) is 2.53. The molecule has 0 heterocycles. The van der Waals surface area contributed by atoms with Crippen molar-refractivity contribution in [3.8, 4) is 0 Å². The van der Waals surface area contributed by atoms with Crippen LogP contribution in [0.15, 0.2) is 30.3 Å². The van der Waals surface area contributed by atoms with Gasteiger partial charge in [0.1, 0.15) is 0 Å². The van der Waals surface area contributed by atoms with Gasteiger partial charge in [-0.3, -0.25) is 4.79 Å². The van der Waals surface area contributed by atoms with E-state index in [4.69, 9.17) is 5.73 Å². The van der Waals surface area contributed by atoms with Gasteiger partial charge in [0.25, 0.3) is 0 Å². The Balaban J connectivity index is 2.56. The molecule has 82 valence electrons. The van der Waals surface area contributed by atoms with Crippen molar-refractivity contribution in [2.75, 3.05) is 7.11 Å². The van der Waals surface area contributed by atoms with Gasteiger partial charge in [-0.1, -0.05) is 37.3 Å². The Kier molecular flexibility index (Phi) is 4.31. The van der Waals surface area contributed by atoms with Crippen LogP contribution in [-0.2, 0) is 16.0 Å². The monoisotopic (exact) mass is 207 g/mol. The molecule has 0 radical (unpaired) electrons. The fraction of sp³-hybridized carbons (Fsp3) is 0.417. The molecule has 1 aromatic rings. The maximum Gasteiger partial charge on any atom is 0.309 e. The molecular weight excluding hydrogens is 190 g/mol. The number of ether oxygens (including phenoxy) is 1. The summed E-state index contributed by atoms with van der Waals surface area (Å²) < 4.78 is 4.65. The van der Waals surface area contributed by atoms with E-state index in [9.17, 15) is 4.79 Å². The molecule has 0 aliphatic rings. The van der Waals surface area contributed by atoms with Crippen molar-refractivity contribution in [3.63, 3.8) is 0 Å². The predicted molar refractivity (Wildman–Crippen MR) is 59.3 cm³/mol. The van der Waals surface area contributed by atoms with E-state index < -0.39 is 0 Å². The van der Waals surface area contributed by atoms with Gasteiger partial charge in [0.05, 0.1) is 13.0 Å². The van der Waals surface area contributed by atoms with E-state index >= 15 is 0 Å². The number of hydrogen-bond donors (Lipinski definition) is 1. The first kappa shape index (κ1) is 11.7. The van der Waals surface area contributed by atoms with Gasteiger partial charge in [-0.05, 0) is 12.0 Å². The van der Waals surface area contributed by atoms with Crippen molar-refractivity contribution < 1.29 is 9.53 Å². The van der Waals surface area contributed by atoms with E-state index in [1.807, 2.05) is 30.3 Å². The number of benzene rings is 1. The van der Waals surface area contributed by atoms with Crippen molar-refractivity contribution in [2.45, 2.75) is 19.4 Å². The van der Waals surface area contributed by atoms with Gasteiger partial charge in [0.15, 0.2) is 0 Å². The summed E-state index contributed by atoms with van der Waals surface area (Å²) in [7, 11) is 1.38. The molecule has 0 aliphatic heterocycles. The minimum atomic E-state index is -0.268. The van der Waals surface area contributed by atoms with Gasteiger partial charge < -0.3 is 10.5 Å². The fourth-order valence-electron chi connectivity index (χ4n) is 1.42. The number of nitrogens with two attached hydrogens (primary N) is 1. The topological polar surface area (TPSA) is 52.3 Å². The summed E-state index contributed by atoms with van der Waals surface area (Å²) in [4.78, 5) is 11.2. The van der Waals surface area contributed by atoms with Crippen LogP contribution >= 0.6 is 0 Å². The van der Waals surface area contributed by atoms with Crippen LogP contribution in [0.2, 0.25) is 0 Å². The number of carbonyl (C=O) groups is 1. The average Bonchev–Trinajstić information content (AvgIpc) is 2.28. The molecule has 2 atom stereocenters. The lowest BCUT2D eigenvalue weighted by atomic mass is 9.96. The second kappa shape index (κ2) is 5.51. The zero-order valence-electron chi connectivity index (χ0n) is 9.14. The van der Waals surface area contributed by atoms with Crippen LogP contribution < -0.4 is 5.73 Å². The molecule has 2 N–H and O–H groups in total. The van der Waals surface area contributed by atoms with Crippen LogP contribution in [0.5, 0.6) is 0 Å². The molecule has 2 unspecified atom stereocenters. The Morgan fingerprint density at radius 2 is 2.00 bits per heavy atom. The zero-order valence-corrected chi connectivity index (χ0v) is 9.14. The third kappa shape index (κ3) is 3.36. The standard InChI is InChI=1S/C12H17NO2/c1-9(12(14)15-2)11(13)8-10-6-4-3-5-7-10/h3-7,9,11H,8,13H2,1-2H3. The number of hydrogen-bond acceptors (Lipinski definition) is 3. The van der Waals surface area contributed by atoms with E-state index in [1.54, 1.807) is 6.92 Å². The van der Waals surface area contributed by atoms with Crippen molar-refractivity contribution in [1.82, 2.24) is 0 Å². The number of methoxy groups -OCH3 is 1. The molecule has 0 amide bonds. The maximum atomic E-state index is 11.2. The molecule has 1 rings (SSSR count). The molecule has 1 aromatic carbocycles. The first-order chi connectivity index (χ1) is 7.15. The molecule has 0 aliphatic carbocycles. The highest BCUT2D eigenvalue weighted by atomic mass is 16.5. The van der Waals surface area contributed by atoms with Crippen LogP contribution in [0.1, 0.15) is 12.5 Å². The lowest BCUT2D eigenvalue weighted by Crippen LogP contribution is -2.36. The Bertz CT molecular complexity index is 311. The molecule has 3 heteroatoms. The highest BCUT2D eigenvalue weighted by Gasteiger charge is 2.21. The quantitative estimate of drug-likeness (QED) is 0.758. The van der Waals surface area contributed by atoms with E-state index in [-0.39, 0.29) is 17.9 Å². The molecule has 15 heavy (non-hydrogen) atoms. The molecule has 0 bridgehead atoms. The Morgan fingerprint density at radius 3 is 2.53 bits per heavy atom. The Hall–Kier alpha value is -1.35. The third-order valence-electron chi connectivity index (χ3n) is 2.53. The van der Waals surface area contributed by atoms with Gasteiger partial charge in [-0.15, -0.1) is 0 Å². The molecule has 3 nitrogen and oxygen atoms in total. The van der Waals surface area contributed by atoms with E-state index in [0.29, 0.717) is 6.42 Å². The second-order valence-electron chi connectivity index (χ2n) is 3.67. The van der Waals surface area contributed by atoms with Gasteiger partial charge in [-0.2, -0.15) is 0 Å². The molecule has 0 saturated heterocycles. The molecule has 0 saturated carbocycles. The minimum absolute atomic E-state index is 0.195. The molecule has 0 fully saturated rings. The first-order valence-electron chi connectivity index (χ1n) is 5.02. The summed E-state index contributed by atoms with van der Waals surface area (Å²) in [5.41, 5.74) is 7.06. The zero-order chi connectivity index (χ0) is 11.3. The van der Waals surface area contributed by atoms with Gasteiger partial charge in [0, 0.05) is 6.04 Å². The highest BCUT2D eigenvalue weighted by Crippen LogP contribution is 2.09. The molecule has 0 spiro atoms. The minimum Gasteiger partial charge on any atom is -0.469 e. The van der Waals surface area contributed by atoms with Crippen molar-refractivity contribution in [3.05, 3.63) is 35.9 Å². The van der Waals surface area contributed by atoms with Crippen LogP contribution in [0.4, 0.5) is 0 Å². The Labute approximate surface area is 90.2 Å². The molecular formula is C12H17NO2. The Morgan fingerprint density at radius 1 is 1.40 bits per heavy atom. The molecule has 0 aromatic heterocycles. The number of rotatable bonds is 4. The van der Waals surface area contributed by atoms with Crippen LogP contribution in [0, 0.1) is 5.92 Å². The summed E-state index contributed by atoms with van der Waals surface area (Å²) in [6, 6.07) is 9.70. The van der Waals surface area contributed by atoms with Gasteiger partial charge in [0.2, 0.25) is 0 Å². The maximum absolute atomic E-state index is 11.2. The summed E-state index contributed by atoms with van der Waals surface area (Å²) in [6.45, 7) is 1.79. The van der Waals surface area contributed by atoms with Gasteiger partial charge in [-0.25, -0.2) is 0 Å². The lowest BCUT2D eigenvalue weighted by Gasteiger charge is -2.17. The van der Waals surface area contributed by atoms with Crippen molar-refractivity contribution in [2.24, 2.45) is 11.7 Å². The predicted octanol–water partition coefficient (Wildman–Crippen LogP) is 1.37. The lowest BCUT2D eigenvalue weighted by molar-refractivity contribution is -0.145. The summed E-state index contributed by atoms with van der Waals surface area (Å²) in [5.74, 6) is -0.520. The van der Waals surface area contributed by atoms with Gasteiger partial charge >= 0.3 is 5.97 Å². The summed E-state index contributed by atoms with van der Waals surface area (Å²) in [5, 5.41) is 0. The number of carbonyl (C=O) groups excluding carboxylic acids is 1. The normalized spacial score (nSPS) is 14.3.